The number of aromatic nitrogens is 1. The van der Waals surface area contributed by atoms with Gasteiger partial charge in [0.25, 0.3) is 5.91 Å². The number of nitrogen functional groups attached to an aromatic ring is 1. The third kappa shape index (κ3) is 2.59. The first-order chi connectivity index (χ1) is 10.1. The van der Waals surface area contributed by atoms with Crippen LogP contribution in [-0.4, -0.2) is 17.4 Å². The smallest absolute Gasteiger partial charge is 0.259 e. The number of fused-ring (bicyclic) bond motifs is 1. The van der Waals surface area contributed by atoms with Gasteiger partial charge in [-0.3, -0.25) is 4.79 Å². The number of amides is 1. The van der Waals surface area contributed by atoms with Crippen LogP contribution in [0.1, 0.15) is 27.9 Å². The minimum atomic E-state index is -0.126. The summed E-state index contributed by atoms with van der Waals surface area (Å²) in [6, 6.07) is 7.69. The molecule has 0 spiro atoms. The quantitative estimate of drug-likeness (QED) is 0.880. The zero-order chi connectivity index (χ0) is 15.0. The van der Waals surface area contributed by atoms with E-state index in [1.165, 1.54) is 23.4 Å². The Morgan fingerprint density at radius 3 is 3.00 bits per heavy atom. The van der Waals surface area contributed by atoms with Crippen molar-refractivity contribution in [2.45, 2.75) is 19.8 Å². The fraction of sp³-hybridized carbons (Fsp3) is 0.250. The Bertz CT molecular complexity index is 715. The van der Waals surface area contributed by atoms with Crippen LogP contribution in [-0.2, 0) is 6.42 Å². The van der Waals surface area contributed by atoms with E-state index in [9.17, 15) is 4.79 Å². The normalized spacial score (nSPS) is 13.9. The summed E-state index contributed by atoms with van der Waals surface area (Å²) in [6.07, 6.45) is 3.36. The van der Waals surface area contributed by atoms with E-state index < -0.39 is 0 Å². The Labute approximate surface area is 128 Å². The molecular formula is C16H16ClN3O. The van der Waals surface area contributed by atoms with E-state index in [1.807, 2.05) is 12.1 Å². The van der Waals surface area contributed by atoms with Gasteiger partial charge in [0.05, 0.1) is 10.6 Å². The maximum Gasteiger partial charge on any atom is 0.259 e. The van der Waals surface area contributed by atoms with Gasteiger partial charge < -0.3 is 10.6 Å². The van der Waals surface area contributed by atoms with Crippen molar-refractivity contribution < 1.29 is 4.79 Å². The molecule has 3 rings (SSSR count). The van der Waals surface area contributed by atoms with Crippen molar-refractivity contribution in [1.82, 2.24) is 4.98 Å². The summed E-state index contributed by atoms with van der Waals surface area (Å²) in [5.41, 5.74) is 9.44. The molecule has 0 bridgehead atoms. The molecule has 2 aromatic rings. The van der Waals surface area contributed by atoms with Crippen LogP contribution in [0.3, 0.4) is 0 Å². The molecular weight excluding hydrogens is 286 g/mol. The molecule has 1 aromatic heterocycles. The fourth-order valence-corrected chi connectivity index (χ4v) is 2.89. The Balaban J connectivity index is 2.02. The second-order valence-electron chi connectivity index (χ2n) is 5.28. The van der Waals surface area contributed by atoms with Gasteiger partial charge in [-0.25, -0.2) is 4.98 Å². The zero-order valence-corrected chi connectivity index (χ0v) is 12.5. The predicted octanol–water partition coefficient (Wildman–Crippen LogP) is 3.22. The summed E-state index contributed by atoms with van der Waals surface area (Å²) in [7, 11) is 0. The van der Waals surface area contributed by atoms with E-state index in [4.69, 9.17) is 17.3 Å². The summed E-state index contributed by atoms with van der Waals surface area (Å²) in [6.45, 7) is 2.74. The first kappa shape index (κ1) is 13.9. The van der Waals surface area contributed by atoms with Crippen molar-refractivity contribution in [2.75, 3.05) is 17.2 Å². The van der Waals surface area contributed by atoms with Gasteiger partial charge in [-0.05, 0) is 37.5 Å². The van der Waals surface area contributed by atoms with E-state index in [1.54, 1.807) is 4.90 Å². The second kappa shape index (κ2) is 5.37. The maximum atomic E-state index is 12.8. The number of anilines is 2. The molecule has 1 aliphatic rings. The number of hydrogen-bond acceptors (Lipinski definition) is 3. The number of carbonyl (C=O) groups excluding carboxylic acids is 1. The molecule has 0 saturated carbocycles. The van der Waals surface area contributed by atoms with Gasteiger partial charge in [0, 0.05) is 18.4 Å². The van der Waals surface area contributed by atoms with Gasteiger partial charge in [0.2, 0.25) is 0 Å². The number of nitrogens with zero attached hydrogens (tertiary/aromatic N) is 2. The predicted molar refractivity (Wildman–Crippen MR) is 84.8 cm³/mol. The number of hydrogen-bond donors (Lipinski definition) is 1. The SMILES string of the molecule is Cc1ccc2c(c1)CCCN2C(=O)c1cc(N)ncc1Cl. The Morgan fingerprint density at radius 1 is 1.38 bits per heavy atom. The van der Waals surface area contributed by atoms with Gasteiger partial charge in [-0.1, -0.05) is 29.3 Å². The maximum absolute atomic E-state index is 12.8. The van der Waals surface area contributed by atoms with Crippen LogP contribution in [0.4, 0.5) is 11.5 Å². The molecule has 0 unspecified atom stereocenters. The van der Waals surface area contributed by atoms with Crippen molar-refractivity contribution in [3.8, 4) is 0 Å². The molecule has 4 nitrogen and oxygen atoms in total. The summed E-state index contributed by atoms with van der Waals surface area (Å²) in [5, 5.41) is 0.327. The lowest BCUT2D eigenvalue weighted by Gasteiger charge is -2.30. The number of nitrogens with two attached hydrogens (primary N) is 1. The molecule has 2 N–H and O–H groups in total. The van der Waals surface area contributed by atoms with E-state index in [0.29, 0.717) is 22.9 Å². The summed E-state index contributed by atoms with van der Waals surface area (Å²) in [5.74, 6) is 0.169. The van der Waals surface area contributed by atoms with Crippen molar-refractivity contribution in [3.05, 3.63) is 52.2 Å². The minimum absolute atomic E-state index is 0.126. The highest BCUT2D eigenvalue weighted by atomic mass is 35.5. The molecule has 1 aromatic carbocycles. The third-order valence-electron chi connectivity index (χ3n) is 3.71. The lowest BCUT2D eigenvalue weighted by atomic mass is 9.99. The fourth-order valence-electron chi connectivity index (χ4n) is 2.70. The van der Waals surface area contributed by atoms with Gasteiger partial charge in [0.1, 0.15) is 5.82 Å². The van der Waals surface area contributed by atoms with Crippen molar-refractivity contribution in [2.24, 2.45) is 0 Å². The molecule has 5 heteroatoms. The average Bonchev–Trinajstić information content (AvgIpc) is 2.48. The number of aryl methyl sites for hydroxylation is 2. The molecule has 0 saturated heterocycles. The van der Waals surface area contributed by atoms with Crippen molar-refractivity contribution in [3.63, 3.8) is 0 Å². The third-order valence-corrected chi connectivity index (χ3v) is 4.01. The Morgan fingerprint density at radius 2 is 2.19 bits per heavy atom. The van der Waals surface area contributed by atoms with Gasteiger partial charge in [-0.15, -0.1) is 0 Å². The number of carbonyl (C=O) groups is 1. The van der Waals surface area contributed by atoms with Crippen LogP contribution in [0.25, 0.3) is 0 Å². The monoisotopic (exact) mass is 301 g/mol. The van der Waals surface area contributed by atoms with E-state index in [0.717, 1.165) is 18.5 Å². The van der Waals surface area contributed by atoms with Crippen LogP contribution < -0.4 is 10.6 Å². The van der Waals surface area contributed by atoms with E-state index >= 15 is 0 Å². The lowest BCUT2D eigenvalue weighted by Crippen LogP contribution is -2.35. The average molecular weight is 302 g/mol. The van der Waals surface area contributed by atoms with E-state index in [2.05, 4.69) is 18.0 Å². The van der Waals surface area contributed by atoms with Crippen molar-refractivity contribution >= 4 is 29.0 Å². The Kier molecular flexibility index (Phi) is 3.55. The number of halogens is 1. The van der Waals surface area contributed by atoms with Crippen LogP contribution in [0.15, 0.2) is 30.5 Å². The number of benzene rings is 1. The highest BCUT2D eigenvalue weighted by Crippen LogP contribution is 2.30. The van der Waals surface area contributed by atoms with Crippen LogP contribution in [0.5, 0.6) is 0 Å². The number of pyridine rings is 1. The van der Waals surface area contributed by atoms with Crippen LogP contribution in [0.2, 0.25) is 5.02 Å². The van der Waals surface area contributed by atoms with E-state index in [-0.39, 0.29) is 5.91 Å². The standard InChI is InChI=1S/C16H16ClN3O/c1-10-4-5-14-11(7-10)3-2-6-20(14)16(21)12-8-15(18)19-9-13(12)17/h4-5,7-9H,2-3,6H2,1H3,(H2,18,19). The van der Waals surface area contributed by atoms with Gasteiger partial charge in [-0.2, -0.15) is 0 Å². The summed E-state index contributed by atoms with van der Waals surface area (Å²) >= 11 is 6.10. The minimum Gasteiger partial charge on any atom is -0.384 e. The molecule has 108 valence electrons. The highest BCUT2D eigenvalue weighted by Gasteiger charge is 2.25. The zero-order valence-electron chi connectivity index (χ0n) is 11.8. The van der Waals surface area contributed by atoms with Crippen LogP contribution in [0, 0.1) is 6.92 Å². The first-order valence-electron chi connectivity index (χ1n) is 6.88. The topological polar surface area (TPSA) is 59.2 Å². The van der Waals surface area contributed by atoms with Crippen LogP contribution >= 0.6 is 11.6 Å². The van der Waals surface area contributed by atoms with Crippen molar-refractivity contribution in [1.29, 1.82) is 0 Å². The Hall–Kier alpha value is -2.07. The van der Waals surface area contributed by atoms with Gasteiger partial charge >= 0.3 is 0 Å². The molecule has 0 aliphatic carbocycles. The first-order valence-corrected chi connectivity index (χ1v) is 7.26. The molecule has 21 heavy (non-hydrogen) atoms. The summed E-state index contributed by atoms with van der Waals surface area (Å²) < 4.78 is 0. The molecule has 0 fully saturated rings. The summed E-state index contributed by atoms with van der Waals surface area (Å²) in [4.78, 5) is 18.5. The largest absolute Gasteiger partial charge is 0.384 e. The lowest BCUT2D eigenvalue weighted by molar-refractivity contribution is 0.0985. The number of rotatable bonds is 1. The molecule has 1 aliphatic heterocycles. The molecule has 0 atom stereocenters. The molecule has 1 amide bonds. The highest BCUT2D eigenvalue weighted by molar-refractivity contribution is 6.34. The van der Waals surface area contributed by atoms with Gasteiger partial charge in [0.15, 0.2) is 0 Å². The molecule has 0 radical (unpaired) electrons. The molecule has 2 heterocycles. The second-order valence-corrected chi connectivity index (χ2v) is 5.69.